The van der Waals surface area contributed by atoms with E-state index in [9.17, 15) is 18.0 Å². The molecule has 0 spiro atoms. The van der Waals surface area contributed by atoms with E-state index in [-0.39, 0.29) is 11.2 Å². The Balaban J connectivity index is 2.01. The molecule has 0 radical (unpaired) electrons. The second-order valence-electron chi connectivity index (χ2n) is 3.88. The molecule has 1 aliphatic rings. The normalized spacial score (nSPS) is 17.7. The van der Waals surface area contributed by atoms with Crippen molar-refractivity contribution in [2.45, 2.75) is 30.2 Å². The lowest BCUT2D eigenvalue weighted by atomic mass is 10.2. The largest absolute Gasteiger partial charge is 0.481 e. The van der Waals surface area contributed by atoms with Crippen LogP contribution in [0.15, 0.2) is 5.16 Å². The SMILES string of the molecule is O=C(O)C(CSc1nnnn1C1CC1)C(F)(F)F. The third kappa shape index (κ3) is 2.92. The summed E-state index contributed by atoms with van der Waals surface area (Å²) in [7, 11) is 0. The summed E-state index contributed by atoms with van der Waals surface area (Å²) in [6, 6.07) is 0.136. The molecule has 100 valence electrons. The zero-order valence-corrected chi connectivity index (χ0v) is 9.78. The van der Waals surface area contributed by atoms with Crippen molar-refractivity contribution in [3.63, 3.8) is 0 Å². The Hall–Kier alpha value is -1.32. The lowest BCUT2D eigenvalue weighted by Crippen LogP contribution is -2.32. The first kappa shape index (κ1) is 13.1. The van der Waals surface area contributed by atoms with Crippen LogP contribution in [-0.4, -0.2) is 43.2 Å². The molecule has 1 fully saturated rings. The summed E-state index contributed by atoms with van der Waals surface area (Å²) < 4.78 is 38.7. The second kappa shape index (κ2) is 4.75. The number of hydrogen-bond acceptors (Lipinski definition) is 5. The molecule has 10 heteroatoms. The van der Waals surface area contributed by atoms with Gasteiger partial charge in [-0.25, -0.2) is 4.68 Å². The highest BCUT2D eigenvalue weighted by atomic mass is 32.2. The number of nitrogens with zero attached hydrogens (tertiary/aromatic N) is 4. The topological polar surface area (TPSA) is 80.9 Å². The molecule has 1 N–H and O–H groups in total. The van der Waals surface area contributed by atoms with E-state index in [1.807, 2.05) is 0 Å². The van der Waals surface area contributed by atoms with Crippen molar-refractivity contribution in [1.82, 2.24) is 20.2 Å². The zero-order valence-electron chi connectivity index (χ0n) is 8.96. The van der Waals surface area contributed by atoms with Crippen molar-refractivity contribution in [3.05, 3.63) is 0 Å². The molecular formula is C8H9F3N4O2S. The number of alkyl halides is 3. The predicted molar refractivity (Wildman–Crippen MR) is 54.0 cm³/mol. The highest BCUT2D eigenvalue weighted by Gasteiger charge is 2.45. The van der Waals surface area contributed by atoms with Crippen LogP contribution in [0.4, 0.5) is 13.2 Å². The van der Waals surface area contributed by atoms with Gasteiger partial charge in [0.15, 0.2) is 5.92 Å². The Morgan fingerprint density at radius 3 is 2.72 bits per heavy atom. The fraction of sp³-hybridized carbons (Fsp3) is 0.750. The molecular weight excluding hydrogens is 273 g/mol. The van der Waals surface area contributed by atoms with Gasteiger partial charge in [-0.15, -0.1) is 5.10 Å². The van der Waals surface area contributed by atoms with Gasteiger partial charge in [0, 0.05) is 5.75 Å². The fourth-order valence-corrected chi connectivity index (χ4v) is 2.35. The Morgan fingerprint density at radius 2 is 2.22 bits per heavy atom. The number of carboxylic acid groups (broad SMARTS) is 1. The summed E-state index contributed by atoms with van der Waals surface area (Å²) in [6.07, 6.45) is -2.99. The van der Waals surface area contributed by atoms with Crippen molar-refractivity contribution >= 4 is 17.7 Å². The molecule has 0 amide bonds. The molecule has 1 aromatic rings. The Kier molecular flexibility index (Phi) is 3.46. The predicted octanol–water partition coefficient (Wildman–Crippen LogP) is 1.36. The highest BCUT2D eigenvalue weighted by molar-refractivity contribution is 7.99. The lowest BCUT2D eigenvalue weighted by Gasteiger charge is -2.14. The van der Waals surface area contributed by atoms with Crippen molar-refractivity contribution in [3.8, 4) is 0 Å². The monoisotopic (exact) mass is 282 g/mol. The summed E-state index contributed by atoms with van der Waals surface area (Å²) in [5.41, 5.74) is 0. The van der Waals surface area contributed by atoms with Gasteiger partial charge in [-0.05, 0) is 23.3 Å². The molecule has 0 saturated heterocycles. The summed E-state index contributed by atoms with van der Waals surface area (Å²) >= 11 is 0.711. The van der Waals surface area contributed by atoms with E-state index in [4.69, 9.17) is 5.11 Å². The Labute approximate surface area is 104 Å². The van der Waals surface area contributed by atoms with Crippen LogP contribution in [-0.2, 0) is 4.79 Å². The number of thioether (sulfide) groups is 1. The van der Waals surface area contributed by atoms with Crippen LogP contribution in [0, 0.1) is 5.92 Å². The first-order chi connectivity index (χ1) is 8.39. The number of carbonyl (C=O) groups is 1. The summed E-state index contributed by atoms with van der Waals surface area (Å²) in [5, 5.41) is 19.4. The number of halogens is 3. The van der Waals surface area contributed by atoms with Crippen LogP contribution >= 0.6 is 11.8 Å². The molecule has 1 atom stereocenters. The summed E-state index contributed by atoms with van der Waals surface area (Å²) in [5.74, 6) is -4.93. The highest BCUT2D eigenvalue weighted by Crippen LogP contribution is 2.37. The van der Waals surface area contributed by atoms with Gasteiger partial charge in [-0.3, -0.25) is 4.79 Å². The van der Waals surface area contributed by atoms with E-state index >= 15 is 0 Å². The van der Waals surface area contributed by atoms with Crippen molar-refractivity contribution in [2.75, 3.05) is 5.75 Å². The van der Waals surface area contributed by atoms with Gasteiger partial charge in [-0.2, -0.15) is 13.2 Å². The molecule has 1 unspecified atom stereocenters. The number of aliphatic carboxylic acids is 1. The Morgan fingerprint density at radius 1 is 1.56 bits per heavy atom. The van der Waals surface area contributed by atoms with Crippen molar-refractivity contribution < 1.29 is 23.1 Å². The van der Waals surface area contributed by atoms with Crippen LogP contribution < -0.4 is 0 Å². The number of carboxylic acids is 1. The molecule has 0 aromatic carbocycles. The van der Waals surface area contributed by atoms with E-state index in [2.05, 4.69) is 15.5 Å². The minimum Gasteiger partial charge on any atom is -0.481 e. The number of rotatable bonds is 5. The first-order valence-corrected chi connectivity index (χ1v) is 6.08. The first-order valence-electron chi connectivity index (χ1n) is 5.09. The molecule has 1 heterocycles. The van der Waals surface area contributed by atoms with Crippen LogP contribution in [0.1, 0.15) is 18.9 Å². The van der Waals surface area contributed by atoms with Crippen LogP contribution in [0.5, 0.6) is 0 Å². The van der Waals surface area contributed by atoms with Gasteiger partial charge in [-0.1, -0.05) is 11.8 Å². The lowest BCUT2D eigenvalue weighted by molar-refractivity contribution is -0.188. The Bertz CT molecular complexity index is 446. The van der Waals surface area contributed by atoms with E-state index in [1.54, 1.807) is 0 Å². The molecule has 0 bridgehead atoms. The molecule has 6 nitrogen and oxygen atoms in total. The van der Waals surface area contributed by atoms with Crippen molar-refractivity contribution in [1.29, 1.82) is 0 Å². The van der Waals surface area contributed by atoms with E-state index in [0.717, 1.165) is 12.8 Å². The molecule has 0 aliphatic heterocycles. The third-order valence-electron chi connectivity index (χ3n) is 2.43. The maximum Gasteiger partial charge on any atom is 0.403 e. The summed E-state index contributed by atoms with van der Waals surface area (Å²) in [4.78, 5) is 10.5. The van der Waals surface area contributed by atoms with Gasteiger partial charge in [0.05, 0.1) is 6.04 Å². The van der Waals surface area contributed by atoms with E-state index < -0.39 is 23.8 Å². The average molecular weight is 282 g/mol. The number of hydrogen-bond donors (Lipinski definition) is 1. The maximum absolute atomic E-state index is 12.4. The zero-order chi connectivity index (χ0) is 13.3. The van der Waals surface area contributed by atoms with Crippen LogP contribution in [0.3, 0.4) is 0 Å². The minimum absolute atomic E-state index is 0.136. The van der Waals surface area contributed by atoms with Gasteiger partial charge in [0.25, 0.3) is 0 Å². The van der Waals surface area contributed by atoms with Gasteiger partial charge < -0.3 is 5.11 Å². The van der Waals surface area contributed by atoms with Crippen LogP contribution in [0.2, 0.25) is 0 Å². The molecule has 1 saturated carbocycles. The van der Waals surface area contributed by atoms with E-state index in [1.165, 1.54) is 4.68 Å². The van der Waals surface area contributed by atoms with Crippen LogP contribution in [0.25, 0.3) is 0 Å². The number of aromatic nitrogens is 4. The molecule has 1 aromatic heterocycles. The quantitative estimate of drug-likeness (QED) is 0.821. The van der Waals surface area contributed by atoms with Gasteiger partial charge in [0.2, 0.25) is 5.16 Å². The second-order valence-corrected chi connectivity index (χ2v) is 4.87. The van der Waals surface area contributed by atoms with E-state index in [0.29, 0.717) is 11.8 Å². The smallest absolute Gasteiger partial charge is 0.403 e. The third-order valence-corrected chi connectivity index (χ3v) is 3.45. The summed E-state index contributed by atoms with van der Waals surface area (Å²) in [6.45, 7) is 0. The fourth-order valence-electron chi connectivity index (χ4n) is 1.29. The standard InChI is InChI=1S/C8H9F3N4O2S/c9-8(10,11)5(6(16)17)3-18-7-12-13-14-15(7)4-1-2-4/h4-5H,1-3H2,(H,16,17). The maximum atomic E-state index is 12.4. The average Bonchev–Trinajstić information content (AvgIpc) is 2.97. The van der Waals surface area contributed by atoms with Gasteiger partial charge >= 0.3 is 12.1 Å². The number of tetrazole rings is 1. The minimum atomic E-state index is -4.77. The molecule has 1 aliphatic carbocycles. The van der Waals surface area contributed by atoms with Crippen molar-refractivity contribution in [2.24, 2.45) is 5.92 Å². The molecule has 2 rings (SSSR count). The molecule has 18 heavy (non-hydrogen) atoms. The van der Waals surface area contributed by atoms with Gasteiger partial charge in [0.1, 0.15) is 0 Å².